The van der Waals surface area contributed by atoms with Crippen LogP contribution < -0.4 is 0 Å². The first kappa shape index (κ1) is 27.1. The van der Waals surface area contributed by atoms with Gasteiger partial charge in [-0.3, -0.25) is 0 Å². The highest BCUT2D eigenvalue weighted by Gasteiger charge is 2.50. The predicted octanol–water partition coefficient (Wildman–Crippen LogP) is 1.99. The minimum Gasteiger partial charge on any atom is -0.175 e. The van der Waals surface area contributed by atoms with E-state index in [4.69, 9.17) is 0 Å². The predicted molar refractivity (Wildman–Crippen MR) is 168 cm³/mol. The van der Waals surface area contributed by atoms with Crippen LogP contribution in [0.1, 0.15) is 0 Å². The van der Waals surface area contributed by atoms with Crippen LogP contribution in [0.2, 0.25) is 0 Å². The lowest BCUT2D eigenvalue weighted by atomic mass is 8.65. The fourth-order valence-electron chi connectivity index (χ4n) is 2.61. The van der Waals surface area contributed by atoms with Crippen molar-refractivity contribution in [2.45, 2.75) is 0 Å². The molecule has 0 aliphatic carbocycles. The fourth-order valence-corrected chi connectivity index (χ4v) is 19.0. The zero-order valence-electron chi connectivity index (χ0n) is 11.9. The molecule has 0 aliphatic rings. The van der Waals surface area contributed by atoms with E-state index >= 15 is 0 Å². The average molecular weight is 512 g/mol. The highest BCUT2D eigenvalue weighted by atomic mass is 32.4. The smallest absolute Gasteiger partial charge is 0.161 e. The zero-order chi connectivity index (χ0) is 16.9. The van der Waals surface area contributed by atoms with Gasteiger partial charge in [0.2, 0.25) is 0 Å². The summed E-state index contributed by atoms with van der Waals surface area (Å²) in [4.78, 5) is 0. The quantitative estimate of drug-likeness (QED) is 0.328. The van der Waals surface area contributed by atoms with E-state index in [0.29, 0.717) is 43.3 Å². The van der Waals surface area contributed by atoms with Crippen molar-refractivity contribution in [2.24, 2.45) is 0 Å². The third-order valence-corrected chi connectivity index (χ3v) is 15.8. The Morgan fingerprint density at radius 1 is 0.571 bits per heavy atom. The standard InChI is InChI=1S/B8H23P13/c9-4(10)2(5(11)12)1(8(20-17)21(18)19)3(6(13)14)7(15)16/h20H,9-19H2. The zero-order valence-corrected chi connectivity index (χ0v) is 26.5. The Labute approximate surface area is 163 Å². The van der Waals surface area contributed by atoms with Crippen molar-refractivity contribution in [3.8, 4) is 0 Å². The molecule has 0 aromatic rings. The first-order valence-electron chi connectivity index (χ1n) is 6.35. The highest BCUT2D eigenvalue weighted by molar-refractivity contribution is 8.70. The van der Waals surface area contributed by atoms with Crippen LogP contribution in [0.3, 0.4) is 0 Å². The van der Waals surface area contributed by atoms with E-state index in [2.05, 4.69) is 99.7 Å². The van der Waals surface area contributed by atoms with Gasteiger partial charge in [-0.15, -0.1) is 42.1 Å². The first-order valence-corrected chi connectivity index (χ1v) is 19.2. The van der Waals surface area contributed by atoms with Crippen LogP contribution in [0.25, 0.3) is 0 Å². The Morgan fingerprint density at radius 3 is 1.00 bits per heavy atom. The van der Waals surface area contributed by atoms with E-state index in [1.807, 2.05) is 0 Å². The number of hydrogen-bond donors (Lipinski definition) is 0. The monoisotopic (exact) mass is 514 g/mol. The highest BCUT2D eigenvalue weighted by Crippen LogP contribution is 2.62. The summed E-state index contributed by atoms with van der Waals surface area (Å²) in [7, 11) is 34.1. The summed E-state index contributed by atoms with van der Waals surface area (Å²) < 4.78 is 0. The second-order valence-corrected chi connectivity index (χ2v) is 23.6. The molecule has 0 fully saturated rings. The van der Waals surface area contributed by atoms with Gasteiger partial charge in [0.05, 0.1) is 12.8 Å². The molecule has 0 bridgehead atoms. The summed E-state index contributed by atoms with van der Waals surface area (Å²) in [6.07, 6.45) is 1.91. The van der Waals surface area contributed by atoms with Gasteiger partial charge in [0, 0.05) is 6.39 Å². The van der Waals surface area contributed by atoms with E-state index in [1.165, 1.54) is 0 Å². The van der Waals surface area contributed by atoms with Gasteiger partial charge in [-0.2, -0.15) is 72.9 Å². The summed E-state index contributed by atoms with van der Waals surface area (Å²) in [5.41, 5.74) is 0. The van der Waals surface area contributed by atoms with E-state index < -0.39 is 0 Å². The molecule has 0 aromatic carbocycles. The topological polar surface area (TPSA) is 0 Å². The molecule has 0 rings (SSSR count). The van der Waals surface area contributed by atoms with Crippen LogP contribution >= 0.6 is 115 Å². The Bertz CT molecular complexity index is 243. The second kappa shape index (κ2) is 14.1. The maximum absolute atomic E-state index is 3.07. The van der Waals surface area contributed by atoms with Gasteiger partial charge in [0.15, 0.2) is 6.04 Å². The maximum atomic E-state index is 3.07. The molecular formula is H23B8P13. The Hall–Kier alpha value is 6.11. The lowest BCUT2D eigenvalue weighted by molar-refractivity contribution is 3.44. The van der Waals surface area contributed by atoms with Gasteiger partial charge in [0.1, 0.15) is 24.2 Å². The molecule has 0 aliphatic heterocycles. The van der Waals surface area contributed by atoms with Gasteiger partial charge in [0.25, 0.3) is 0 Å². The third-order valence-electron chi connectivity index (χ3n) is 3.52. The molecule has 0 nitrogen and oxygen atoms in total. The summed E-state index contributed by atoms with van der Waals surface area (Å²) in [5, 5.41) is 0. The minimum atomic E-state index is -0.117. The number of hydrogen-bond acceptors (Lipinski definition) is 0. The van der Waals surface area contributed by atoms with Crippen LogP contribution in [0.4, 0.5) is 0 Å². The molecule has 12 atom stereocenters. The number of rotatable bonds is 9. The van der Waals surface area contributed by atoms with E-state index in [-0.39, 0.29) is 7.18 Å². The molecule has 0 saturated carbocycles. The summed E-state index contributed by atoms with van der Waals surface area (Å²) >= 11 is 0. The van der Waals surface area contributed by atoms with Crippen molar-refractivity contribution in [1.82, 2.24) is 0 Å². The van der Waals surface area contributed by atoms with Gasteiger partial charge >= 0.3 is 0 Å². The summed E-state index contributed by atoms with van der Waals surface area (Å²) in [6.45, 7) is 0. The van der Waals surface area contributed by atoms with Gasteiger partial charge < -0.3 is 0 Å². The molecule has 12 unspecified atom stereocenters. The van der Waals surface area contributed by atoms with Crippen molar-refractivity contribution in [1.29, 1.82) is 0 Å². The van der Waals surface area contributed by atoms with Gasteiger partial charge in [-0.05, 0) is 0 Å². The van der Waals surface area contributed by atoms with Crippen LogP contribution in [0, 0.1) is 0 Å². The van der Waals surface area contributed by atoms with Crippen LogP contribution in [0.15, 0.2) is 0 Å². The molecule has 112 valence electrons. The van der Waals surface area contributed by atoms with E-state index in [9.17, 15) is 0 Å². The molecule has 0 aromatic heterocycles. The van der Waals surface area contributed by atoms with Crippen molar-refractivity contribution in [3.05, 3.63) is 0 Å². The van der Waals surface area contributed by atoms with Crippen LogP contribution in [-0.4, -0.2) is 49.4 Å². The first-order chi connectivity index (χ1) is 9.56. The third kappa shape index (κ3) is 9.43. The largest absolute Gasteiger partial charge is 0.175 e. The minimum absolute atomic E-state index is 0.117. The maximum Gasteiger partial charge on any atom is 0.161 e. The molecular weight excluding hydrogens is 489 g/mol. The Kier molecular flexibility index (Phi) is 18.3. The van der Waals surface area contributed by atoms with Crippen LogP contribution in [0.5, 0.6) is 0 Å². The molecule has 21 heteroatoms. The van der Waals surface area contributed by atoms with Crippen LogP contribution in [-0.2, 0) is 0 Å². The summed E-state index contributed by atoms with van der Waals surface area (Å²) in [6, 6.07) is 2.82. The van der Waals surface area contributed by atoms with E-state index in [1.54, 1.807) is 0 Å². The lowest BCUT2D eigenvalue weighted by Gasteiger charge is -2.39. The van der Waals surface area contributed by atoms with Gasteiger partial charge in [-0.1, -0.05) is 0 Å². The Morgan fingerprint density at radius 2 is 0.857 bits per heavy atom. The SMILES string of the molecule is PPB(B(B(B(P)P)B(P)P)B(B(P)P)B(P)P)P(P)P. The van der Waals surface area contributed by atoms with Crippen molar-refractivity contribution < 1.29 is 0 Å². The molecule has 0 saturated heterocycles. The molecule has 0 N–H and O–H groups in total. The normalized spacial score (nSPS) is 10.9. The summed E-state index contributed by atoms with van der Waals surface area (Å²) in [5.74, 6) is 0. The lowest BCUT2D eigenvalue weighted by Crippen LogP contribution is -2.69. The fraction of sp³-hybridized carbons (Fsp3) is 0. The second-order valence-electron chi connectivity index (χ2n) is 5.10. The van der Waals surface area contributed by atoms with Gasteiger partial charge in [-0.25, -0.2) is 0 Å². The van der Waals surface area contributed by atoms with Crippen molar-refractivity contribution >= 4 is 164 Å². The average Bonchev–Trinajstić information content (AvgIpc) is 2.26. The molecule has 21 heavy (non-hydrogen) atoms. The molecule has 0 radical (unpaired) electrons. The van der Waals surface area contributed by atoms with Crippen molar-refractivity contribution in [3.63, 3.8) is 0 Å². The molecule has 0 amide bonds. The van der Waals surface area contributed by atoms with Crippen molar-refractivity contribution in [2.75, 3.05) is 0 Å². The Balaban J connectivity index is 5.83. The molecule has 0 spiro atoms. The van der Waals surface area contributed by atoms with E-state index in [0.717, 1.165) is 14.2 Å². The molecule has 0 heterocycles.